The minimum Gasteiger partial charge on any atom is -0.464 e. The smallest absolute Gasteiger partial charge is 0.272 e. The lowest BCUT2D eigenvalue weighted by Gasteiger charge is -2.15. The van der Waals surface area contributed by atoms with Gasteiger partial charge in [-0.25, -0.2) is 4.98 Å². The van der Waals surface area contributed by atoms with Gasteiger partial charge in [-0.2, -0.15) is 0 Å². The topological polar surface area (TPSA) is 46.3 Å². The molecular weight excluding hydrogens is 296 g/mol. The van der Waals surface area contributed by atoms with Gasteiger partial charge in [-0.3, -0.25) is 4.79 Å². The summed E-state index contributed by atoms with van der Waals surface area (Å²) >= 11 is 3.25. The number of pyridine rings is 1. The molecule has 0 aromatic carbocycles. The van der Waals surface area contributed by atoms with Gasteiger partial charge in [0.2, 0.25) is 0 Å². The van der Waals surface area contributed by atoms with E-state index in [4.69, 9.17) is 4.42 Å². The number of aromatic nitrogens is 1. The predicted octanol–water partition coefficient (Wildman–Crippen LogP) is 3.02. The summed E-state index contributed by atoms with van der Waals surface area (Å²) in [4.78, 5) is 17.8. The van der Waals surface area contributed by atoms with Gasteiger partial charge in [0.25, 0.3) is 5.91 Å². The van der Waals surface area contributed by atoms with Crippen LogP contribution in [0, 0.1) is 6.92 Å². The Morgan fingerprint density at radius 3 is 2.78 bits per heavy atom. The van der Waals surface area contributed by atoms with E-state index in [0.717, 1.165) is 11.5 Å². The van der Waals surface area contributed by atoms with Crippen LogP contribution in [0.2, 0.25) is 0 Å². The molecule has 2 heterocycles. The molecule has 2 rings (SSSR count). The summed E-state index contributed by atoms with van der Waals surface area (Å²) in [7, 11) is 1.72. The van der Waals surface area contributed by atoms with Crippen LogP contribution in [-0.4, -0.2) is 22.8 Å². The van der Waals surface area contributed by atoms with Crippen LogP contribution in [0.3, 0.4) is 0 Å². The summed E-state index contributed by atoms with van der Waals surface area (Å²) in [5, 5.41) is 0. The number of aryl methyl sites for hydroxylation is 1. The lowest BCUT2D eigenvalue weighted by atomic mass is 10.3. The molecule has 1 amide bonds. The Morgan fingerprint density at radius 1 is 1.39 bits per heavy atom. The highest BCUT2D eigenvalue weighted by Gasteiger charge is 2.14. The van der Waals surface area contributed by atoms with Crippen molar-refractivity contribution in [1.29, 1.82) is 0 Å². The van der Waals surface area contributed by atoms with E-state index < -0.39 is 0 Å². The second-order valence-corrected chi connectivity index (χ2v) is 4.83. The van der Waals surface area contributed by atoms with Crippen molar-refractivity contribution in [3.63, 3.8) is 0 Å². The van der Waals surface area contributed by atoms with Gasteiger partial charge in [-0.1, -0.05) is 6.07 Å². The first kappa shape index (κ1) is 12.8. The normalized spacial score (nSPS) is 10.4. The zero-order chi connectivity index (χ0) is 13.1. The standard InChI is InChI=1S/C13H13BrN2O2/c1-9-6-7-10(18-9)8-16(2)13(17)11-4-3-5-12(14)15-11/h3-7H,8H2,1-2H3. The van der Waals surface area contributed by atoms with Crippen LogP contribution in [-0.2, 0) is 6.54 Å². The van der Waals surface area contributed by atoms with Crippen LogP contribution >= 0.6 is 15.9 Å². The third-order valence-electron chi connectivity index (χ3n) is 2.47. The first-order valence-corrected chi connectivity index (χ1v) is 6.29. The van der Waals surface area contributed by atoms with Crippen molar-refractivity contribution < 1.29 is 9.21 Å². The number of rotatable bonds is 3. The number of amides is 1. The molecule has 0 atom stereocenters. The van der Waals surface area contributed by atoms with E-state index in [1.807, 2.05) is 19.1 Å². The highest BCUT2D eigenvalue weighted by atomic mass is 79.9. The van der Waals surface area contributed by atoms with E-state index in [1.165, 1.54) is 0 Å². The van der Waals surface area contributed by atoms with Gasteiger partial charge < -0.3 is 9.32 Å². The fourth-order valence-corrected chi connectivity index (χ4v) is 1.94. The van der Waals surface area contributed by atoms with Gasteiger partial charge in [-0.15, -0.1) is 0 Å². The quantitative estimate of drug-likeness (QED) is 0.819. The maximum absolute atomic E-state index is 12.1. The van der Waals surface area contributed by atoms with E-state index >= 15 is 0 Å². The molecule has 94 valence electrons. The van der Waals surface area contributed by atoms with Crippen LogP contribution in [0.15, 0.2) is 39.4 Å². The molecule has 18 heavy (non-hydrogen) atoms. The molecule has 0 radical (unpaired) electrons. The number of nitrogens with zero attached hydrogens (tertiary/aromatic N) is 2. The summed E-state index contributed by atoms with van der Waals surface area (Å²) in [6.07, 6.45) is 0. The highest BCUT2D eigenvalue weighted by Crippen LogP contribution is 2.12. The fraction of sp³-hybridized carbons (Fsp3) is 0.231. The largest absolute Gasteiger partial charge is 0.464 e. The van der Waals surface area contributed by atoms with Crippen molar-refractivity contribution in [1.82, 2.24) is 9.88 Å². The summed E-state index contributed by atoms with van der Waals surface area (Å²) < 4.78 is 6.09. The van der Waals surface area contributed by atoms with Crippen LogP contribution in [0.5, 0.6) is 0 Å². The van der Waals surface area contributed by atoms with Gasteiger partial charge in [0.05, 0.1) is 6.54 Å². The molecule has 5 heteroatoms. The van der Waals surface area contributed by atoms with Crippen LogP contribution in [0.4, 0.5) is 0 Å². The van der Waals surface area contributed by atoms with E-state index in [2.05, 4.69) is 20.9 Å². The Hall–Kier alpha value is -1.62. The van der Waals surface area contributed by atoms with Crippen molar-refractivity contribution in [2.24, 2.45) is 0 Å². The Bertz CT molecular complexity index is 566. The summed E-state index contributed by atoms with van der Waals surface area (Å²) in [5.41, 5.74) is 0.412. The second-order valence-electron chi connectivity index (χ2n) is 4.02. The number of carbonyl (C=O) groups is 1. The third kappa shape index (κ3) is 2.98. The Labute approximate surface area is 114 Å². The molecule has 0 aliphatic carbocycles. The average Bonchev–Trinajstić information content (AvgIpc) is 2.73. The first-order chi connectivity index (χ1) is 8.56. The SMILES string of the molecule is Cc1ccc(CN(C)C(=O)c2cccc(Br)n2)o1. The lowest BCUT2D eigenvalue weighted by molar-refractivity contribution is 0.0769. The Morgan fingerprint density at radius 2 is 2.17 bits per heavy atom. The second kappa shape index (κ2) is 5.35. The number of furan rings is 1. The molecule has 0 unspecified atom stereocenters. The maximum Gasteiger partial charge on any atom is 0.272 e. The number of halogens is 1. The van der Waals surface area contributed by atoms with Crippen LogP contribution in [0.25, 0.3) is 0 Å². The van der Waals surface area contributed by atoms with E-state index in [-0.39, 0.29) is 5.91 Å². The monoisotopic (exact) mass is 308 g/mol. The zero-order valence-corrected chi connectivity index (χ0v) is 11.8. The van der Waals surface area contributed by atoms with Gasteiger partial charge in [0, 0.05) is 7.05 Å². The molecule has 2 aromatic heterocycles. The van der Waals surface area contributed by atoms with Gasteiger partial charge in [-0.05, 0) is 47.1 Å². The minimum atomic E-state index is -0.134. The molecule has 0 aliphatic heterocycles. The average molecular weight is 309 g/mol. The van der Waals surface area contributed by atoms with E-state index in [0.29, 0.717) is 16.8 Å². The Kier molecular flexibility index (Phi) is 3.81. The maximum atomic E-state index is 12.1. The Balaban J connectivity index is 2.09. The number of hydrogen-bond acceptors (Lipinski definition) is 3. The van der Waals surface area contributed by atoms with Crippen LogP contribution in [0.1, 0.15) is 22.0 Å². The molecule has 0 N–H and O–H groups in total. The van der Waals surface area contributed by atoms with Gasteiger partial charge in [0.15, 0.2) is 0 Å². The highest BCUT2D eigenvalue weighted by molar-refractivity contribution is 9.10. The lowest BCUT2D eigenvalue weighted by Crippen LogP contribution is -2.26. The molecule has 0 aliphatic rings. The van der Waals surface area contributed by atoms with Crippen molar-refractivity contribution >= 4 is 21.8 Å². The van der Waals surface area contributed by atoms with Crippen molar-refractivity contribution in [3.05, 3.63) is 52.1 Å². The minimum absolute atomic E-state index is 0.134. The van der Waals surface area contributed by atoms with Crippen molar-refractivity contribution in [2.75, 3.05) is 7.05 Å². The number of hydrogen-bond donors (Lipinski definition) is 0. The van der Waals surface area contributed by atoms with Gasteiger partial charge >= 0.3 is 0 Å². The first-order valence-electron chi connectivity index (χ1n) is 5.49. The molecule has 0 saturated heterocycles. The van der Waals surface area contributed by atoms with Gasteiger partial charge in [0.1, 0.15) is 21.8 Å². The molecular formula is C13H13BrN2O2. The van der Waals surface area contributed by atoms with Crippen molar-refractivity contribution in [2.45, 2.75) is 13.5 Å². The number of carbonyl (C=O) groups excluding carboxylic acids is 1. The molecule has 0 saturated carbocycles. The van der Waals surface area contributed by atoms with Crippen LogP contribution < -0.4 is 0 Å². The molecule has 2 aromatic rings. The summed E-state index contributed by atoms with van der Waals surface area (Å²) in [6, 6.07) is 9.01. The molecule has 0 spiro atoms. The third-order valence-corrected chi connectivity index (χ3v) is 2.91. The predicted molar refractivity (Wildman–Crippen MR) is 71.2 cm³/mol. The summed E-state index contributed by atoms with van der Waals surface area (Å²) in [5.74, 6) is 1.47. The molecule has 4 nitrogen and oxygen atoms in total. The van der Waals surface area contributed by atoms with Crippen molar-refractivity contribution in [3.8, 4) is 0 Å². The van der Waals surface area contributed by atoms with E-state index in [1.54, 1.807) is 30.1 Å². The molecule has 0 fully saturated rings. The molecule has 0 bridgehead atoms. The summed E-state index contributed by atoms with van der Waals surface area (Å²) in [6.45, 7) is 2.31. The fourth-order valence-electron chi connectivity index (χ4n) is 1.60. The van der Waals surface area contributed by atoms with E-state index in [9.17, 15) is 4.79 Å². The zero-order valence-electron chi connectivity index (χ0n) is 10.2.